The van der Waals surface area contributed by atoms with Gasteiger partial charge < -0.3 is 41.5 Å². The summed E-state index contributed by atoms with van der Waals surface area (Å²) in [6, 6.07) is -2.97. The Bertz CT molecular complexity index is 170. The summed E-state index contributed by atoms with van der Waals surface area (Å²) in [5, 5.41) is 34.7. The Balaban J connectivity index is -0.000000180. The van der Waals surface area contributed by atoms with Crippen LogP contribution in [0.1, 0.15) is 0 Å². The van der Waals surface area contributed by atoms with Crippen molar-refractivity contribution in [2.75, 3.05) is 13.2 Å². The second-order valence-electron chi connectivity index (χ2n) is 2.11. The summed E-state index contributed by atoms with van der Waals surface area (Å²) < 4.78 is 0. The molecule has 2 unspecified atom stereocenters. The minimum absolute atomic E-state index is 0. The van der Waals surface area contributed by atoms with Gasteiger partial charge in [0.05, 0.1) is 0 Å². The van der Waals surface area contributed by atoms with Crippen molar-refractivity contribution in [3.63, 3.8) is 0 Å². The van der Waals surface area contributed by atoms with Crippen LogP contribution in [0.3, 0.4) is 0 Å². The summed E-state index contributed by atoms with van der Waals surface area (Å²) in [6.45, 7) is -1.36. The topological polar surface area (TPSA) is 168 Å². The van der Waals surface area contributed by atoms with Crippen LogP contribution >= 0.6 is 0 Å². The summed E-state index contributed by atoms with van der Waals surface area (Å²) in [4.78, 5) is 18.9. The van der Waals surface area contributed by atoms with Gasteiger partial charge in [-0.15, -0.1) is 0 Å². The Morgan fingerprint density at radius 3 is 1.20 bits per heavy atom. The van der Waals surface area contributed by atoms with E-state index >= 15 is 0 Å². The summed E-state index contributed by atoms with van der Waals surface area (Å²) >= 11 is 0. The van der Waals surface area contributed by atoms with Gasteiger partial charge in [-0.05, 0) is 0 Å². The first-order chi connectivity index (χ1) is 6.36. The second-order valence-corrected chi connectivity index (χ2v) is 2.11. The van der Waals surface area contributed by atoms with Crippen molar-refractivity contribution < 1.29 is 50.4 Å². The maximum absolute atomic E-state index is 9.47. The fourth-order valence-corrected chi connectivity index (χ4v) is 0.149. The summed E-state index contributed by atoms with van der Waals surface area (Å²) in [6.07, 6.45) is 0. The standard InChI is InChI=1S/2C3H6NO3.Pd/c2*4-2(1-5)3(6)7;/h2*2,4-5H,1H2,(H,6,7);/q2*-1;+2/p-2. The first-order valence-corrected chi connectivity index (χ1v) is 3.42. The summed E-state index contributed by atoms with van der Waals surface area (Å²) in [7, 11) is 0. The molecule has 0 aromatic heterocycles. The number of carbonyl (C=O) groups is 2. The van der Waals surface area contributed by atoms with Crippen LogP contribution in [0.5, 0.6) is 0 Å². The molecule has 0 amide bonds. The van der Waals surface area contributed by atoms with Gasteiger partial charge in [-0.1, -0.05) is 12.1 Å². The molecule has 0 heterocycles. The van der Waals surface area contributed by atoms with Gasteiger partial charge in [0.25, 0.3) is 0 Å². The number of carboxylic acid groups (broad SMARTS) is 2. The molecular formula is C6H10N2O6Pd-2. The molecule has 0 aromatic rings. The van der Waals surface area contributed by atoms with E-state index in [2.05, 4.69) is 0 Å². The van der Waals surface area contributed by atoms with E-state index in [4.69, 9.17) is 21.7 Å². The average Bonchev–Trinajstić information content (AvgIpc) is 2.15. The monoisotopic (exact) mass is 312 g/mol. The maximum atomic E-state index is 9.47. The van der Waals surface area contributed by atoms with Crippen molar-refractivity contribution in [3.05, 3.63) is 11.5 Å². The van der Waals surface area contributed by atoms with Gasteiger partial charge >= 0.3 is 20.4 Å². The van der Waals surface area contributed by atoms with Crippen LogP contribution in [0, 0.1) is 0 Å². The molecule has 0 saturated carbocycles. The molecule has 92 valence electrons. The molecule has 4 N–H and O–H groups in total. The predicted molar refractivity (Wildman–Crippen MR) is 40.4 cm³/mol. The number of aliphatic carboxylic acids is 2. The van der Waals surface area contributed by atoms with Crippen LogP contribution in [0.15, 0.2) is 0 Å². The molecule has 15 heavy (non-hydrogen) atoms. The number of rotatable bonds is 4. The van der Waals surface area contributed by atoms with E-state index in [0.29, 0.717) is 0 Å². The van der Waals surface area contributed by atoms with Gasteiger partial charge in [0.2, 0.25) is 0 Å². The predicted octanol–water partition coefficient (Wildman–Crippen LogP) is -3.70. The molecule has 0 aromatic carbocycles. The molecule has 0 bridgehead atoms. The van der Waals surface area contributed by atoms with Crippen LogP contribution < -0.4 is 10.2 Å². The molecule has 0 fully saturated rings. The van der Waals surface area contributed by atoms with Gasteiger partial charge in [-0.2, -0.15) is 0 Å². The molecule has 8 nitrogen and oxygen atoms in total. The molecule has 0 radical (unpaired) electrons. The van der Waals surface area contributed by atoms with Crippen molar-refractivity contribution in [3.8, 4) is 0 Å². The minimum Gasteiger partial charge on any atom is -0.668 e. The average molecular weight is 313 g/mol. The van der Waals surface area contributed by atoms with Crippen LogP contribution in [-0.4, -0.2) is 47.4 Å². The van der Waals surface area contributed by atoms with Gasteiger partial charge in [-0.3, -0.25) is 0 Å². The zero-order chi connectivity index (χ0) is 11.7. The van der Waals surface area contributed by atoms with Gasteiger partial charge in [-0.25, -0.2) is 0 Å². The fraction of sp³-hybridized carbons (Fsp3) is 0.667. The summed E-state index contributed by atoms with van der Waals surface area (Å²) in [5.41, 5.74) is 12.7. The van der Waals surface area contributed by atoms with Crippen LogP contribution in [0.25, 0.3) is 11.5 Å². The Morgan fingerprint density at radius 2 is 1.20 bits per heavy atom. The molecule has 0 aliphatic heterocycles. The normalized spacial score (nSPS) is 12.5. The Kier molecular flexibility index (Phi) is 15.3. The summed E-state index contributed by atoms with van der Waals surface area (Å²) in [5.74, 6) is -3.08. The van der Waals surface area contributed by atoms with Crippen LogP contribution in [0.4, 0.5) is 0 Å². The van der Waals surface area contributed by atoms with Gasteiger partial charge in [0, 0.05) is 25.2 Å². The first-order valence-electron chi connectivity index (χ1n) is 3.42. The molecule has 0 aliphatic carbocycles. The minimum atomic E-state index is -1.54. The van der Waals surface area contributed by atoms with Crippen molar-refractivity contribution in [2.24, 2.45) is 0 Å². The molecule has 9 heteroatoms. The van der Waals surface area contributed by atoms with E-state index in [1.165, 1.54) is 0 Å². The van der Waals surface area contributed by atoms with Gasteiger partial charge in [0.15, 0.2) is 0 Å². The molecule has 0 aliphatic rings. The van der Waals surface area contributed by atoms with Crippen LogP contribution in [0.2, 0.25) is 0 Å². The third kappa shape index (κ3) is 13.4. The van der Waals surface area contributed by atoms with Crippen LogP contribution in [-0.2, 0) is 30.0 Å². The van der Waals surface area contributed by atoms with Crippen molar-refractivity contribution in [1.82, 2.24) is 0 Å². The second kappa shape index (κ2) is 11.5. The number of carbonyl (C=O) groups excluding carboxylic acids is 2. The number of hydrogen-bond acceptors (Lipinski definition) is 6. The van der Waals surface area contributed by atoms with E-state index in [1.54, 1.807) is 0 Å². The largest absolute Gasteiger partial charge is 2.00 e. The smallest absolute Gasteiger partial charge is 0.668 e. The number of hydrogen-bond donors (Lipinski definition) is 2. The Morgan fingerprint density at radius 1 is 1.00 bits per heavy atom. The zero-order valence-corrected chi connectivity index (χ0v) is 8.97. The van der Waals surface area contributed by atoms with E-state index < -0.39 is 37.2 Å². The SMILES string of the molecule is [NH-]C(CO)C(=O)[O-].[NH-]C(CO)C(=O)[O-].[Pd+2]. The van der Waals surface area contributed by atoms with E-state index in [9.17, 15) is 19.8 Å². The third-order valence-corrected chi connectivity index (χ3v) is 0.934. The zero-order valence-electron chi connectivity index (χ0n) is 7.41. The molecular weight excluding hydrogens is 302 g/mol. The van der Waals surface area contributed by atoms with Crippen molar-refractivity contribution in [1.29, 1.82) is 0 Å². The van der Waals surface area contributed by atoms with Crippen molar-refractivity contribution >= 4 is 11.9 Å². The number of aliphatic hydroxyl groups is 2. The fourth-order valence-electron chi connectivity index (χ4n) is 0.149. The van der Waals surface area contributed by atoms with E-state index in [-0.39, 0.29) is 20.4 Å². The molecule has 0 saturated heterocycles. The molecule has 2 atom stereocenters. The molecule has 0 rings (SSSR count). The Labute approximate surface area is 99.5 Å². The number of carboxylic acids is 2. The van der Waals surface area contributed by atoms with E-state index in [1.807, 2.05) is 0 Å². The molecule has 0 spiro atoms. The maximum Gasteiger partial charge on any atom is 2.00 e. The third-order valence-electron chi connectivity index (χ3n) is 0.934. The number of aliphatic hydroxyl groups excluding tert-OH is 2. The van der Waals surface area contributed by atoms with Gasteiger partial charge in [0.1, 0.15) is 0 Å². The number of nitrogens with one attached hydrogen (secondary N) is 2. The van der Waals surface area contributed by atoms with Crippen molar-refractivity contribution in [2.45, 2.75) is 12.1 Å². The Hall–Kier alpha value is -0.558. The quantitative estimate of drug-likeness (QED) is 0.506. The van der Waals surface area contributed by atoms with E-state index in [0.717, 1.165) is 0 Å². The first kappa shape index (κ1) is 19.9.